The van der Waals surface area contributed by atoms with E-state index in [-0.39, 0.29) is 13.1 Å². The Balaban J connectivity index is 1.40. The monoisotopic (exact) mass is 321 g/mol. The van der Waals surface area contributed by atoms with Gasteiger partial charge in [0.05, 0.1) is 0 Å². The largest absolute Gasteiger partial charge is 0.320 e. The van der Waals surface area contributed by atoms with Gasteiger partial charge in [-0.1, -0.05) is 36.8 Å². The van der Waals surface area contributed by atoms with Gasteiger partial charge in [0, 0.05) is 18.4 Å². The zero-order valence-electron chi connectivity index (χ0n) is 12.7. The van der Waals surface area contributed by atoms with E-state index in [0.717, 1.165) is 25.7 Å². The first-order valence-electron chi connectivity index (χ1n) is 7.71. The summed E-state index contributed by atoms with van der Waals surface area (Å²) < 4.78 is 10.9. The molecule has 0 bridgehead atoms. The molecule has 124 valence electrons. The Morgan fingerprint density at radius 2 is 1.83 bits per heavy atom. The predicted molar refractivity (Wildman–Crippen MR) is 75.8 cm³/mol. The number of hydrogen-bond acceptors (Lipinski definition) is 7. The van der Waals surface area contributed by atoms with Crippen LogP contribution < -0.4 is 0 Å². The Morgan fingerprint density at radius 3 is 2.52 bits per heavy atom. The minimum Gasteiger partial charge on any atom is -0.320 e. The summed E-state index contributed by atoms with van der Waals surface area (Å²) in [5.41, 5.74) is 0.625. The van der Waals surface area contributed by atoms with Crippen LogP contribution >= 0.6 is 0 Å². The highest BCUT2D eigenvalue weighted by Crippen LogP contribution is 2.36. The molecule has 2 aliphatic heterocycles. The third-order valence-electron chi connectivity index (χ3n) is 3.73. The maximum absolute atomic E-state index is 9.40. The maximum Gasteiger partial charge on any atom is 0.318 e. The van der Waals surface area contributed by atoms with Crippen LogP contribution in [0.15, 0.2) is 30.3 Å². The summed E-state index contributed by atoms with van der Waals surface area (Å²) in [4.78, 5) is 19.9. The number of ether oxygens (including phenoxy) is 2. The van der Waals surface area contributed by atoms with Crippen LogP contribution in [-0.2, 0) is 34.8 Å². The lowest BCUT2D eigenvalue weighted by Gasteiger charge is -2.16. The maximum atomic E-state index is 9.40. The molecule has 2 aliphatic rings. The van der Waals surface area contributed by atoms with E-state index in [2.05, 4.69) is 4.89 Å². The van der Waals surface area contributed by atoms with Crippen molar-refractivity contribution in [1.82, 2.24) is 0 Å². The van der Waals surface area contributed by atoms with Gasteiger partial charge in [-0.3, -0.25) is 4.74 Å². The first-order chi connectivity index (χ1) is 11.3. The van der Waals surface area contributed by atoms with Crippen molar-refractivity contribution in [2.45, 2.75) is 50.5 Å². The van der Waals surface area contributed by atoms with E-state index in [9.17, 15) is 5.26 Å². The normalized spacial score (nSPS) is 30.4. The number of rotatable bonds is 7. The van der Waals surface area contributed by atoms with Gasteiger partial charge in [-0.2, -0.15) is 15.0 Å². The van der Waals surface area contributed by atoms with Gasteiger partial charge in [-0.05, 0) is 12.8 Å². The van der Waals surface area contributed by atoms with E-state index in [1.807, 2.05) is 24.3 Å². The van der Waals surface area contributed by atoms with Gasteiger partial charge in [0.2, 0.25) is 0 Å². The Morgan fingerprint density at radius 1 is 1.04 bits per heavy atom. The number of benzene rings is 1. The molecule has 0 N–H and O–H groups in total. The van der Waals surface area contributed by atoms with Crippen molar-refractivity contribution in [2.24, 2.45) is 0 Å². The van der Waals surface area contributed by atoms with Crippen LogP contribution in [0.25, 0.3) is 0 Å². The lowest BCUT2D eigenvalue weighted by Crippen LogP contribution is -2.26. The highest BCUT2D eigenvalue weighted by molar-refractivity contribution is 5.26. The summed E-state index contributed by atoms with van der Waals surface area (Å²) in [5.74, 6) is -1.48. The number of nitriles is 1. The minimum absolute atomic E-state index is 0.196. The predicted octanol–water partition coefficient (Wildman–Crippen LogP) is 2.88. The third kappa shape index (κ3) is 4.06. The molecule has 23 heavy (non-hydrogen) atoms. The number of hydrogen-bond donors (Lipinski definition) is 0. The quantitative estimate of drug-likeness (QED) is 0.564. The Kier molecular flexibility index (Phi) is 5.56. The highest BCUT2D eigenvalue weighted by Gasteiger charge is 2.45. The number of unbranched alkanes of at least 4 members (excludes halogenated alkanes) is 2. The molecule has 0 radical (unpaired) electrons. The fourth-order valence-corrected chi connectivity index (χ4v) is 2.50. The first-order valence-corrected chi connectivity index (χ1v) is 7.71. The molecule has 3 atom stereocenters. The standard InChI is InChI=1S/C16H19NO6/c17-11-16(13-7-3-1-4-8-13)20-15(22-23-16)10-6-2-5-9-14-18-12-19-21-14/h1,3-4,7-8,14-15H,2,5-6,9-10,12H2. The van der Waals surface area contributed by atoms with Crippen molar-refractivity contribution in [3.63, 3.8) is 0 Å². The second kappa shape index (κ2) is 7.84. The van der Waals surface area contributed by atoms with Crippen molar-refractivity contribution in [3.8, 4) is 6.07 Å². The van der Waals surface area contributed by atoms with Crippen LogP contribution in [0.1, 0.15) is 37.7 Å². The van der Waals surface area contributed by atoms with Gasteiger partial charge in [0.1, 0.15) is 6.07 Å². The van der Waals surface area contributed by atoms with Crippen molar-refractivity contribution in [2.75, 3.05) is 6.79 Å². The summed E-state index contributed by atoms with van der Waals surface area (Å²) in [7, 11) is 0. The zero-order chi connectivity index (χ0) is 16.0. The minimum atomic E-state index is -1.48. The fraction of sp³-hybridized carbons (Fsp3) is 0.562. The van der Waals surface area contributed by atoms with E-state index in [1.54, 1.807) is 12.1 Å². The lowest BCUT2D eigenvalue weighted by molar-refractivity contribution is -0.320. The molecule has 3 unspecified atom stereocenters. The molecule has 0 aliphatic carbocycles. The van der Waals surface area contributed by atoms with Crippen LogP contribution in [0.2, 0.25) is 0 Å². The second-order valence-electron chi connectivity index (χ2n) is 5.39. The average molecular weight is 321 g/mol. The Hall–Kier alpha value is -1.53. The molecule has 1 aromatic rings. The molecular formula is C16H19NO6. The van der Waals surface area contributed by atoms with Crippen molar-refractivity contribution in [3.05, 3.63) is 35.9 Å². The molecule has 2 fully saturated rings. The molecule has 0 saturated carbocycles. The SMILES string of the molecule is N#CC1(c2ccccc2)OOC(CCCCCC2OCOO2)O1. The van der Waals surface area contributed by atoms with E-state index in [0.29, 0.717) is 12.0 Å². The summed E-state index contributed by atoms with van der Waals surface area (Å²) in [5, 5.41) is 9.40. The summed E-state index contributed by atoms with van der Waals surface area (Å²) in [6.45, 7) is 0.196. The van der Waals surface area contributed by atoms with Gasteiger partial charge in [-0.15, -0.1) is 0 Å². The van der Waals surface area contributed by atoms with E-state index < -0.39 is 12.1 Å². The van der Waals surface area contributed by atoms with Crippen molar-refractivity contribution in [1.29, 1.82) is 5.26 Å². The van der Waals surface area contributed by atoms with Gasteiger partial charge in [0.15, 0.2) is 19.4 Å². The van der Waals surface area contributed by atoms with E-state index in [4.69, 9.17) is 24.1 Å². The summed E-state index contributed by atoms with van der Waals surface area (Å²) in [6.07, 6.45) is 3.44. The first kappa shape index (κ1) is 16.3. The lowest BCUT2D eigenvalue weighted by atomic mass is 10.1. The highest BCUT2D eigenvalue weighted by atomic mass is 17.3. The molecule has 0 spiro atoms. The fourth-order valence-electron chi connectivity index (χ4n) is 2.50. The molecule has 3 rings (SSSR count). The van der Waals surface area contributed by atoms with Crippen LogP contribution in [0.4, 0.5) is 0 Å². The van der Waals surface area contributed by atoms with Crippen LogP contribution in [-0.4, -0.2) is 19.4 Å². The van der Waals surface area contributed by atoms with E-state index in [1.165, 1.54) is 0 Å². The summed E-state index contributed by atoms with van der Waals surface area (Å²) in [6, 6.07) is 11.1. The molecule has 2 saturated heterocycles. The molecular weight excluding hydrogens is 302 g/mol. The summed E-state index contributed by atoms with van der Waals surface area (Å²) >= 11 is 0. The van der Waals surface area contributed by atoms with E-state index >= 15 is 0 Å². The molecule has 0 amide bonds. The van der Waals surface area contributed by atoms with Gasteiger partial charge < -0.3 is 4.74 Å². The second-order valence-corrected chi connectivity index (χ2v) is 5.39. The van der Waals surface area contributed by atoms with Gasteiger partial charge >= 0.3 is 5.79 Å². The van der Waals surface area contributed by atoms with Crippen molar-refractivity contribution >= 4 is 0 Å². The number of nitrogens with zero attached hydrogens (tertiary/aromatic N) is 1. The van der Waals surface area contributed by atoms with Crippen molar-refractivity contribution < 1.29 is 29.0 Å². The smallest absolute Gasteiger partial charge is 0.318 e. The zero-order valence-corrected chi connectivity index (χ0v) is 12.7. The Bertz CT molecular complexity index is 527. The molecule has 1 aromatic carbocycles. The molecule has 7 heteroatoms. The van der Waals surface area contributed by atoms with Gasteiger partial charge in [-0.25, -0.2) is 9.78 Å². The third-order valence-corrected chi connectivity index (χ3v) is 3.73. The average Bonchev–Trinajstić information content (AvgIpc) is 3.26. The Labute approximate surface area is 134 Å². The van der Waals surface area contributed by atoms with Crippen LogP contribution in [0.3, 0.4) is 0 Å². The van der Waals surface area contributed by atoms with Crippen LogP contribution in [0, 0.1) is 11.3 Å². The molecule has 7 nitrogen and oxygen atoms in total. The molecule has 2 heterocycles. The topological polar surface area (TPSA) is 79.2 Å². The van der Waals surface area contributed by atoms with Gasteiger partial charge in [0.25, 0.3) is 0 Å². The molecule has 0 aromatic heterocycles. The van der Waals surface area contributed by atoms with Crippen LogP contribution in [0.5, 0.6) is 0 Å².